The number of hydrogen-bond acceptors (Lipinski definition) is 2. The average molecular weight is 152 g/mol. The van der Waals surface area contributed by atoms with Crippen LogP contribution in [0.5, 0.6) is 0 Å². The van der Waals surface area contributed by atoms with E-state index in [1.54, 1.807) is 25.3 Å². The molecule has 0 radical (unpaired) electrons. The summed E-state index contributed by atoms with van der Waals surface area (Å²) in [7, 11) is 1.61. The van der Waals surface area contributed by atoms with E-state index in [2.05, 4.69) is 16.9 Å². The van der Waals surface area contributed by atoms with Gasteiger partial charge < -0.3 is 5.32 Å². The molecule has 0 aromatic carbocycles. The van der Waals surface area contributed by atoms with Crippen molar-refractivity contribution in [3.8, 4) is 0 Å². The van der Waals surface area contributed by atoms with Crippen LogP contribution in [-0.2, 0) is 4.79 Å². The number of aliphatic imine (C=N–C) groups is 1. The van der Waals surface area contributed by atoms with Gasteiger partial charge in [-0.3, -0.25) is 9.79 Å². The second-order valence-corrected chi connectivity index (χ2v) is 1.88. The van der Waals surface area contributed by atoms with Crippen LogP contribution in [0.25, 0.3) is 0 Å². The molecule has 60 valence electrons. The van der Waals surface area contributed by atoms with Gasteiger partial charge >= 0.3 is 0 Å². The summed E-state index contributed by atoms with van der Waals surface area (Å²) in [5, 5.41) is 2.54. The molecule has 0 aromatic rings. The number of amidine groups is 1. The summed E-state index contributed by atoms with van der Waals surface area (Å²) in [5.74, 6) is 0.414. The zero-order chi connectivity index (χ0) is 8.69. The lowest BCUT2D eigenvalue weighted by molar-refractivity contribution is -0.117. The summed E-state index contributed by atoms with van der Waals surface area (Å²) in [6.07, 6.45) is 5.00. The van der Waals surface area contributed by atoms with Crippen molar-refractivity contribution >= 4 is 11.7 Å². The number of rotatable bonds is 2. The van der Waals surface area contributed by atoms with Crippen LogP contribution >= 0.6 is 0 Å². The average Bonchev–Trinajstić information content (AvgIpc) is 1.97. The molecule has 0 atom stereocenters. The molecule has 3 heteroatoms. The van der Waals surface area contributed by atoms with Crippen molar-refractivity contribution in [2.24, 2.45) is 4.99 Å². The van der Waals surface area contributed by atoms with Crippen LogP contribution in [0.1, 0.15) is 6.92 Å². The lowest BCUT2D eigenvalue weighted by Gasteiger charge is -1.97. The van der Waals surface area contributed by atoms with Gasteiger partial charge in [0.2, 0.25) is 5.91 Å². The lowest BCUT2D eigenvalue weighted by Crippen LogP contribution is -2.26. The van der Waals surface area contributed by atoms with E-state index in [0.29, 0.717) is 5.84 Å². The molecule has 0 aliphatic rings. The van der Waals surface area contributed by atoms with Crippen LogP contribution in [0.4, 0.5) is 0 Å². The maximum Gasteiger partial charge on any atom is 0.222 e. The summed E-state index contributed by atoms with van der Waals surface area (Å²) in [6.45, 7) is 4.93. The fraction of sp³-hybridized carbons (Fsp3) is 0.250. The molecule has 11 heavy (non-hydrogen) atoms. The van der Waals surface area contributed by atoms with E-state index in [1.807, 2.05) is 0 Å². The number of carbonyl (C=O) groups excluding carboxylic acids is 1. The smallest absolute Gasteiger partial charge is 0.222 e. The molecular formula is C8H12N2O. The molecule has 3 nitrogen and oxygen atoms in total. The minimum atomic E-state index is -0.126. The molecule has 0 heterocycles. The molecule has 0 fully saturated rings. The predicted octanol–water partition coefficient (Wildman–Crippen LogP) is 0.893. The first-order valence-electron chi connectivity index (χ1n) is 3.24. The lowest BCUT2D eigenvalue weighted by atomic mass is 10.4. The second-order valence-electron chi connectivity index (χ2n) is 1.88. The maximum atomic E-state index is 10.5. The third kappa shape index (κ3) is 5.08. The van der Waals surface area contributed by atoms with Gasteiger partial charge in [-0.25, -0.2) is 0 Å². The number of allylic oxidation sites excluding steroid dienone is 2. The highest BCUT2D eigenvalue weighted by Gasteiger charge is 1.92. The van der Waals surface area contributed by atoms with Gasteiger partial charge in [0.05, 0.1) is 0 Å². The van der Waals surface area contributed by atoms with Crippen LogP contribution in [0.3, 0.4) is 0 Å². The first-order chi connectivity index (χ1) is 5.20. The van der Waals surface area contributed by atoms with Gasteiger partial charge in [-0.2, -0.15) is 0 Å². The van der Waals surface area contributed by atoms with Gasteiger partial charge in [-0.1, -0.05) is 18.7 Å². The molecule has 1 N–H and O–H groups in total. The molecule has 0 bridgehead atoms. The Morgan fingerprint density at radius 2 is 2.27 bits per heavy atom. The normalized spacial score (nSPS) is 11.6. The highest BCUT2D eigenvalue weighted by atomic mass is 16.1. The summed E-state index contributed by atoms with van der Waals surface area (Å²) in [4.78, 5) is 14.3. The van der Waals surface area contributed by atoms with Crippen molar-refractivity contribution in [1.82, 2.24) is 5.32 Å². The molecule has 0 aliphatic carbocycles. The number of carbonyl (C=O) groups is 1. The fourth-order valence-electron chi connectivity index (χ4n) is 0.512. The molecular weight excluding hydrogens is 140 g/mol. The largest absolute Gasteiger partial charge is 0.311 e. The molecule has 0 aliphatic heterocycles. The minimum absolute atomic E-state index is 0.126. The van der Waals surface area contributed by atoms with Crippen LogP contribution < -0.4 is 5.32 Å². The van der Waals surface area contributed by atoms with E-state index in [-0.39, 0.29) is 5.91 Å². The third-order valence-electron chi connectivity index (χ3n) is 0.935. The standard InChI is InChI=1S/C8H12N2O/c1-4-5-6-8(9-3)10-7(2)11/h4-6H,1H2,2-3H3,(H,9,10,11)/b6-5-. The van der Waals surface area contributed by atoms with E-state index < -0.39 is 0 Å². The Bertz CT molecular complexity index is 204. The maximum absolute atomic E-state index is 10.5. The van der Waals surface area contributed by atoms with Crippen LogP contribution in [0.15, 0.2) is 29.8 Å². The van der Waals surface area contributed by atoms with E-state index in [4.69, 9.17) is 0 Å². The van der Waals surface area contributed by atoms with E-state index in [1.165, 1.54) is 6.92 Å². The van der Waals surface area contributed by atoms with Gasteiger partial charge in [-0.15, -0.1) is 0 Å². The summed E-state index contributed by atoms with van der Waals surface area (Å²) in [6, 6.07) is 0. The number of hydrogen-bond donors (Lipinski definition) is 1. The van der Waals surface area contributed by atoms with E-state index in [0.717, 1.165) is 0 Å². The van der Waals surface area contributed by atoms with Gasteiger partial charge in [-0.05, 0) is 6.08 Å². The zero-order valence-corrected chi connectivity index (χ0v) is 6.79. The summed E-state index contributed by atoms with van der Waals surface area (Å²) < 4.78 is 0. The molecule has 0 aromatic heterocycles. The second kappa shape index (κ2) is 5.41. The van der Waals surface area contributed by atoms with E-state index in [9.17, 15) is 4.79 Å². The van der Waals surface area contributed by atoms with E-state index >= 15 is 0 Å². The monoisotopic (exact) mass is 152 g/mol. The fourth-order valence-corrected chi connectivity index (χ4v) is 0.512. The Labute approximate surface area is 66.5 Å². The minimum Gasteiger partial charge on any atom is -0.311 e. The van der Waals surface area contributed by atoms with Gasteiger partial charge in [0, 0.05) is 14.0 Å². The number of amides is 1. The molecule has 1 amide bonds. The summed E-state index contributed by atoms with van der Waals surface area (Å²) >= 11 is 0. The Balaban J connectivity index is 4.08. The Kier molecular flexibility index (Phi) is 4.73. The first-order valence-corrected chi connectivity index (χ1v) is 3.24. The van der Waals surface area contributed by atoms with Gasteiger partial charge in [0.25, 0.3) is 0 Å². The Morgan fingerprint density at radius 3 is 2.64 bits per heavy atom. The van der Waals surface area contributed by atoms with Crippen LogP contribution in [-0.4, -0.2) is 18.8 Å². The van der Waals surface area contributed by atoms with Gasteiger partial charge in [0.1, 0.15) is 5.84 Å². The topological polar surface area (TPSA) is 41.5 Å². The highest BCUT2D eigenvalue weighted by molar-refractivity contribution is 6.03. The number of nitrogens with zero attached hydrogens (tertiary/aromatic N) is 1. The molecule has 0 spiro atoms. The van der Waals surface area contributed by atoms with Crippen molar-refractivity contribution in [3.63, 3.8) is 0 Å². The Hall–Kier alpha value is -1.38. The number of nitrogens with one attached hydrogen (secondary N) is 1. The SMILES string of the molecule is C=C/C=C\C(=NC)NC(C)=O. The van der Waals surface area contributed by atoms with Crippen molar-refractivity contribution in [2.75, 3.05) is 7.05 Å². The summed E-state index contributed by atoms with van der Waals surface area (Å²) in [5.41, 5.74) is 0. The molecule has 0 unspecified atom stereocenters. The van der Waals surface area contributed by atoms with Crippen LogP contribution in [0.2, 0.25) is 0 Å². The highest BCUT2D eigenvalue weighted by Crippen LogP contribution is 1.78. The van der Waals surface area contributed by atoms with Crippen LogP contribution in [0, 0.1) is 0 Å². The van der Waals surface area contributed by atoms with Crippen molar-refractivity contribution in [3.05, 3.63) is 24.8 Å². The zero-order valence-electron chi connectivity index (χ0n) is 6.79. The van der Waals surface area contributed by atoms with Crippen molar-refractivity contribution in [1.29, 1.82) is 0 Å². The Morgan fingerprint density at radius 1 is 1.64 bits per heavy atom. The first kappa shape index (κ1) is 9.62. The molecule has 0 saturated carbocycles. The van der Waals surface area contributed by atoms with Gasteiger partial charge in [0.15, 0.2) is 0 Å². The molecule has 0 rings (SSSR count). The van der Waals surface area contributed by atoms with Crippen molar-refractivity contribution in [2.45, 2.75) is 6.92 Å². The third-order valence-corrected chi connectivity index (χ3v) is 0.935. The van der Waals surface area contributed by atoms with Crippen molar-refractivity contribution < 1.29 is 4.79 Å². The quantitative estimate of drug-likeness (QED) is 0.356. The predicted molar refractivity (Wildman–Crippen MR) is 46.5 cm³/mol. The molecule has 0 saturated heterocycles.